The lowest BCUT2D eigenvalue weighted by atomic mass is 10.0. The molecule has 0 aromatic carbocycles. The minimum atomic E-state index is -0.402. The summed E-state index contributed by atoms with van der Waals surface area (Å²) in [5, 5.41) is -0.402. The Labute approximate surface area is 163 Å². The Bertz CT molecular complexity index is 409. The zero-order valence-corrected chi connectivity index (χ0v) is 17.4. The predicted molar refractivity (Wildman–Crippen MR) is 109 cm³/mol. The van der Waals surface area contributed by atoms with Gasteiger partial charge in [-0.15, -0.1) is 0 Å². The minimum Gasteiger partial charge on any atom is -0.274 e. The van der Waals surface area contributed by atoms with Crippen LogP contribution in [0.2, 0.25) is 0 Å². The van der Waals surface area contributed by atoms with Crippen molar-refractivity contribution < 1.29 is 14.4 Å². The van der Waals surface area contributed by atoms with E-state index in [9.17, 15) is 14.4 Å². The Morgan fingerprint density at radius 1 is 0.769 bits per heavy atom. The Morgan fingerprint density at radius 2 is 1.19 bits per heavy atom. The van der Waals surface area contributed by atoms with Crippen LogP contribution in [0.5, 0.6) is 0 Å². The Morgan fingerprint density at radius 3 is 1.58 bits per heavy atom. The lowest BCUT2D eigenvalue weighted by molar-refractivity contribution is -0.138. The summed E-state index contributed by atoms with van der Waals surface area (Å²) in [6.45, 7) is 2.26. The number of thioether (sulfide) groups is 1. The second kappa shape index (κ2) is 15.2. The average molecular weight is 384 g/mol. The molecule has 1 saturated heterocycles. The summed E-state index contributed by atoms with van der Waals surface area (Å²) >= 11 is 0.922. The molecule has 5 heteroatoms. The summed E-state index contributed by atoms with van der Waals surface area (Å²) in [4.78, 5) is 35.6. The maximum absolute atomic E-state index is 11.9. The van der Waals surface area contributed by atoms with Gasteiger partial charge in [-0.2, -0.15) is 0 Å². The maximum Gasteiger partial charge on any atom is 0.295 e. The van der Waals surface area contributed by atoms with Gasteiger partial charge in [0.05, 0.1) is 5.75 Å². The van der Waals surface area contributed by atoms with Crippen molar-refractivity contribution in [3.8, 4) is 0 Å². The molecule has 0 aromatic heterocycles. The number of hydrogen-bond acceptors (Lipinski definition) is 4. The molecule has 0 aliphatic carbocycles. The molecule has 4 nitrogen and oxygen atoms in total. The van der Waals surface area contributed by atoms with Gasteiger partial charge in [0.1, 0.15) is 0 Å². The van der Waals surface area contributed by atoms with E-state index in [1.165, 1.54) is 77.0 Å². The number of unbranched alkanes of at least 4 members (excludes halogenated alkanes) is 14. The van der Waals surface area contributed by atoms with Crippen LogP contribution in [0.4, 0.5) is 4.79 Å². The quantitative estimate of drug-likeness (QED) is 0.287. The van der Waals surface area contributed by atoms with E-state index in [1.54, 1.807) is 0 Å². The summed E-state index contributed by atoms with van der Waals surface area (Å²) in [6.07, 6.45) is 19.5. The third kappa shape index (κ3) is 10.3. The first kappa shape index (κ1) is 23.2. The summed E-state index contributed by atoms with van der Waals surface area (Å²) in [5.41, 5.74) is 0. The maximum atomic E-state index is 11.9. The van der Waals surface area contributed by atoms with Gasteiger partial charge in [-0.3, -0.25) is 14.4 Å². The highest BCUT2D eigenvalue weighted by Gasteiger charge is 2.34. The minimum absolute atomic E-state index is 0.115. The number of carbonyl (C=O) groups is 3. The van der Waals surface area contributed by atoms with Crippen LogP contribution in [0, 0.1) is 0 Å². The van der Waals surface area contributed by atoms with Gasteiger partial charge in [-0.1, -0.05) is 109 Å². The summed E-state index contributed by atoms with van der Waals surface area (Å²) in [6, 6.07) is 0. The van der Waals surface area contributed by atoms with E-state index in [-0.39, 0.29) is 17.6 Å². The van der Waals surface area contributed by atoms with Crippen LogP contribution in [0.15, 0.2) is 0 Å². The predicted octanol–water partition coefficient (Wildman–Crippen LogP) is 6.47. The lowest BCUT2D eigenvalue weighted by Gasteiger charge is -2.10. The molecule has 0 radical (unpaired) electrons. The van der Waals surface area contributed by atoms with Crippen LogP contribution in [-0.4, -0.2) is 27.7 Å². The van der Waals surface area contributed by atoms with Gasteiger partial charge < -0.3 is 0 Å². The number of imide groups is 3. The first-order valence-corrected chi connectivity index (χ1v) is 11.7. The van der Waals surface area contributed by atoms with E-state index in [4.69, 9.17) is 0 Å². The van der Waals surface area contributed by atoms with E-state index >= 15 is 0 Å². The third-order valence-electron chi connectivity index (χ3n) is 4.99. The van der Waals surface area contributed by atoms with E-state index in [1.807, 2.05) is 0 Å². The molecule has 0 spiro atoms. The molecule has 1 aliphatic rings. The van der Waals surface area contributed by atoms with Gasteiger partial charge in [-0.25, -0.2) is 4.90 Å². The number of carbonyl (C=O) groups excluding carboxylic acids is 3. The number of rotatable bonds is 16. The van der Waals surface area contributed by atoms with Crippen LogP contribution in [0.3, 0.4) is 0 Å². The third-order valence-corrected chi connectivity index (χ3v) is 5.82. The highest BCUT2D eigenvalue weighted by atomic mass is 32.2. The van der Waals surface area contributed by atoms with Gasteiger partial charge in [0.15, 0.2) is 0 Å². The van der Waals surface area contributed by atoms with Crippen molar-refractivity contribution in [2.24, 2.45) is 0 Å². The fraction of sp³-hybridized carbons (Fsp3) is 0.857. The SMILES string of the molecule is CCCCCCCCCCCCCCCCCC(=O)N1C(=O)CSC1=O. The first-order chi connectivity index (χ1) is 12.7. The van der Waals surface area contributed by atoms with Crippen LogP contribution in [-0.2, 0) is 9.59 Å². The molecule has 0 unspecified atom stereocenters. The standard InChI is InChI=1S/C21H37NO3S/c1-2-3-4-5-6-7-8-9-10-11-12-13-14-15-16-17-19(23)22-20(24)18-26-21(22)25/h2-18H2,1H3. The molecule has 1 rings (SSSR count). The molecular weight excluding hydrogens is 346 g/mol. The molecule has 1 fully saturated rings. The van der Waals surface area contributed by atoms with E-state index in [0.717, 1.165) is 35.9 Å². The lowest BCUT2D eigenvalue weighted by Crippen LogP contribution is -2.34. The average Bonchev–Trinajstić information content (AvgIpc) is 2.96. The Balaban J connectivity index is 1.82. The normalized spacial score (nSPS) is 14.4. The van der Waals surface area contributed by atoms with Crippen molar-refractivity contribution in [2.45, 2.75) is 110 Å². The van der Waals surface area contributed by atoms with Crippen LogP contribution >= 0.6 is 11.8 Å². The van der Waals surface area contributed by atoms with Crippen molar-refractivity contribution in [1.82, 2.24) is 4.90 Å². The number of amides is 3. The monoisotopic (exact) mass is 383 g/mol. The van der Waals surface area contributed by atoms with Gasteiger partial charge in [0.25, 0.3) is 5.24 Å². The summed E-state index contributed by atoms with van der Waals surface area (Å²) in [5.74, 6) is -0.561. The smallest absolute Gasteiger partial charge is 0.274 e. The molecule has 26 heavy (non-hydrogen) atoms. The van der Waals surface area contributed by atoms with Crippen LogP contribution in [0.1, 0.15) is 110 Å². The van der Waals surface area contributed by atoms with E-state index < -0.39 is 5.24 Å². The van der Waals surface area contributed by atoms with E-state index in [2.05, 4.69) is 6.92 Å². The second-order valence-corrected chi connectivity index (χ2v) is 8.30. The van der Waals surface area contributed by atoms with Gasteiger partial charge in [-0.05, 0) is 6.42 Å². The molecule has 0 aromatic rings. The molecule has 150 valence electrons. The zero-order valence-electron chi connectivity index (χ0n) is 16.6. The molecule has 0 saturated carbocycles. The fourth-order valence-electron chi connectivity index (χ4n) is 3.35. The van der Waals surface area contributed by atoms with Crippen LogP contribution in [0.25, 0.3) is 0 Å². The van der Waals surface area contributed by atoms with E-state index in [0.29, 0.717) is 6.42 Å². The van der Waals surface area contributed by atoms with Crippen molar-refractivity contribution in [2.75, 3.05) is 5.75 Å². The van der Waals surface area contributed by atoms with Crippen molar-refractivity contribution in [3.63, 3.8) is 0 Å². The molecule has 1 heterocycles. The van der Waals surface area contributed by atoms with Gasteiger partial charge in [0, 0.05) is 6.42 Å². The Kier molecular flexibility index (Phi) is 13.6. The Hall–Kier alpha value is -0.840. The summed E-state index contributed by atoms with van der Waals surface area (Å²) < 4.78 is 0. The topological polar surface area (TPSA) is 54.5 Å². The molecule has 0 bridgehead atoms. The van der Waals surface area contributed by atoms with Crippen molar-refractivity contribution >= 4 is 28.8 Å². The molecule has 3 amide bonds. The number of nitrogens with zero attached hydrogens (tertiary/aromatic N) is 1. The molecular formula is C21H37NO3S. The van der Waals surface area contributed by atoms with Crippen LogP contribution < -0.4 is 0 Å². The zero-order chi connectivity index (χ0) is 19.0. The first-order valence-electron chi connectivity index (χ1n) is 10.7. The molecule has 0 N–H and O–H groups in total. The highest BCUT2D eigenvalue weighted by Crippen LogP contribution is 2.20. The van der Waals surface area contributed by atoms with Crippen molar-refractivity contribution in [1.29, 1.82) is 0 Å². The van der Waals surface area contributed by atoms with Gasteiger partial charge in [0.2, 0.25) is 11.8 Å². The largest absolute Gasteiger partial charge is 0.295 e. The van der Waals surface area contributed by atoms with Crippen molar-refractivity contribution in [3.05, 3.63) is 0 Å². The number of hydrogen-bond donors (Lipinski definition) is 0. The fourth-order valence-corrected chi connectivity index (χ4v) is 4.06. The second-order valence-electron chi connectivity index (χ2n) is 7.38. The highest BCUT2D eigenvalue weighted by molar-refractivity contribution is 8.14. The molecule has 1 aliphatic heterocycles. The summed E-state index contributed by atoms with van der Waals surface area (Å²) in [7, 11) is 0. The molecule has 0 atom stereocenters. The van der Waals surface area contributed by atoms with Gasteiger partial charge >= 0.3 is 0 Å².